The smallest absolute Gasteiger partial charge is 0.168 e. The minimum Gasteiger partial charge on any atom is -0.493 e. The van der Waals surface area contributed by atoms with Gasteiger partial charge in [0.2, 0.25) is 0 Å². The summed E-state index contributed by atoms with van der Waals surface area (Å²) < 4.78 is 35.6. The maximum Gasteiger partial charge on any atom is 0.168 e. The molecular formula is C9H8F2O2. The van der Waals surface area contributed by atoms with Crippen molar-refractivity contribution in [3.05, 3.63) is 29.3 Å². The quantitative estimate of drug-likeness (QED) is 0.659. The van der Waals surface area contributed by atoms with Gasteiger partial charge in [0.1, 0.15) is 11.9 Å². The van der Waals surface area contributed by atoms with Gasteiger partial charge in [0, 0.05) is 11.6 Å². The third kappa shape index (κ3) is 1.49. The normalized spacial score (nSPS) is 20.1. The lowest BCUT2D eigenvalue weighted by atomic mass is 10.1. The Kier molecular flexibility index (Phi) is 1.92. The van der Waals surface area contributed by atoms with Crippen molar-refractivity contribution in [1.29, 1.82) is 0 Å². The van der Waals surface area contributed by atoms with Crippen LogP contribution in [0.25, 0.3) is 0 Å². The van der Waals surface area contributed by atoms with Gasteiger partial charge in [-0.2, -0.15) is 0 Å². The molecule has 0 amide bonds. The Morgan fingerprint density at radius 2 is 2.15 bits per heavy atom. The molecule has 2 nitrogen and oxygen atoms in total. The summed E-state index contributed by atoms with van der Waals surface area (Å²) in [6, 6.07) is 2.03. The van der Waals surface area contributed by atoms with Crippen molar-refractivity contribution in [3.63, 3.8) is 0 Å². The van der Waals surface area contributed by atoms with Gasteiger partial charge in [-0.3, -0.25) is 0 Å². The van der Waals surface area contributed by atoms with Crippen LogP contribution in [0.3, 0.4) is 0 Å². The standard InChI is InChI=1S/C9H8F2O2/c1-12-9-6(8-4-13-8)2-5(10)3-7(9)11/h2-3,8H,4H2,1H3. The lowest BCUT2D eigenvalue weighted by Gasteiger charge is -2.06. The largest absolute Gasteiger partial charge is 0.493 e. The van der Waals surface area contributed by atoms with Gasteiger partial charge < -0.3 is 9.47 Å². The molecule has 0 bridgehead atoms. The number of halogens is 2. The monoisotopic (exact) mass is 186 g/mol. The fourth-order valence-corrected chi connectivity index (χ4v) is 1.26. The molecule has 4 heteroatoms. The molecule has 1 aliphatic rings. The zero-order chi connectivity index (χ0) is 9.42. The van der Waals surface area contributed by atoms with Gasteiger partial charge in [0.25, 0.3) is 0 Å². The van der Waals surface area contributed by atoms with Gasteiger partial charge in [0.05, 0.1) is 13.7 Å². The van der Waals surface area contributed by atoms with Crippen molar-refractivity contribution in [2.24, 2.45) is 0 Å². The van der Waals surface area contributed by atoms with E-state index in [1.165, 1.54) is 13.2 Å². The third-order valence-electron chi connectivity index (χ3n) is 1.92. The van der Waals surface area contributed by atoms with Gasteiger partial charge in [-0.05, 0) is 6.07 Å². The Labute approximate surface area is 74.1 Å². The first kappa shape index (κ1) is 8.44. The number of rotatable bonds is 2. The van der Waals surface area contributed by atoms with Crippen LogP contribution in [-0.4, -0.2) is 13.7 Å². The average Bonchev–Trinajstić information content (AvgIpc) is 2.85. The lowest BCUT2D eigenvalue weighted by Crippen LogP contribution is -1.96. The fraction of sp³-hybridized carbons (Fsp3) is 0.333. The van der Waals surface area contributed by atoms with E-state index >= 15 is 0 Å². The topological polar surface area (TPSA) is 21.8 Å². The molecule has 1 aromatic rings. The fourth-order valence-electron chi connectivity index (χ4n) is 1.26. The van der Waals surface area contributed by atoms with E-state index in [4.69, 9.17) is 9.47 Å². The molecular weight excluding hydrogens is 178 g/mol. The SMILES string of the molecule is COc1c(F)cc(F)cc1C1CO1. The Balaban J connectivity index is 2.50. The van der Waals surface area contributed by atoms with Crippen LogP contribution in [0.2, 0.25) is 0 Å². The van der Waals surface area contributed by atoms with E-state index < -0.39 is 11.6 Å². The van der Waals surface area contributed by atoms with Gasteiger partial charge in [0.15, 0.2) is 11.6 Å². The second-order valence-corrected chi connectivity index (χ2v) is 2.83. The molecule has 1 unspecified atom stereocenters. The highest BCUT2D eigenvalue weighted by molar-refractivity contribution is 5.38. The van der Waals surface area contributed by atoms with E-state index in [0.717, 1.165) is 6.07 Å². The molecule has 2 rings (SSSR count). The average molecular weight is 186 g/mol. The van der Waals surface area contributed by atoms with Gasteiger partial charge in [-0.1, -0.05) is 0 Å². The molecule has 0 N–H and O–H groups in total. The first-order chi connectivity index (χ1) is 6.22. The Hall–Kier alpha value is -1.16. The molecule has 0 aliphatic carbocycles. The van der Waals surface area contributed by atoms with Gasteiger partial charge >= 0.3 is 0 Å². The zero-order valence-electron chi connectivity index (χ0n) is 7.01. The Bertz CT molecular complexity index is 335. The number of benzene rings is 1. The molecule has 0 aromatic heterocycles. The summed E-state index contributed by atoms with van der Waals surface area (Å²) in [4.78, 5) is 0. The third-order valence-corrected chi connectivity index (χ3v) is 1.92. The lowest BCUT2D eigenvalue weighted by molar-refractivity contribution is 0.361. The van der Waals surface area contributed by atoms with Crippen LogP contribution in [0.5, 0.6) is 5.75 Å². The number of hydrogen-bond acceptors (Lipinski definition) is 2. The molecule has 1 aromatic carbocycles. The number of hydrogen-bond donors (Lipinski definition) is 0. The number of methoxy groups -OCH3 is 1. The Morgan fingerprint density at radius 3 is 2.69 bits per heavy atom. The summed E-state index contributed by atoms with van der Waals surface area (Å²) in [5.74, 6) is -1.22. The second-order valence-electron chi connectivity index (χ2n) is 2.83. The first-order valence-electron chi connectivity index (χ1n) is 3.87. The van der Waals surface area contributed by atoms with E-state index in [-0.39, 0.29) is 11.9 Å². The summed E-state index contributed by atoms with van der Waals surface area (Å²) in [7, 11) is 1.35. The maximum atomic E-state index is 13.1. The predicted octanol–water partition coefficient (Wildman–Crippen LogP) is 2.04. The molecule has 13 heavy (non-hydrogen) atoms. The van der Waals surface area contributed by atoms with Crippen molar-refractivity contribution >= 4 is 0 Å². The second kappa shape index (κ2) is 2.96. The summed E-state index contributed by atoms with van der Waals surface area (Å²) >= 11 is 0. The van der Waals surface area contributed by atoms with E-state index in [9.17, 15) is 8.78 Å². The van der Waals surface area contributed by atoms with Crippen molar-refractivity contribution in [2.45, 2.75) is 6.10 Å². The van der Waals surface area contributed by atoms with Crippen LogP contribution < -0.4 is 4.74 Å². The van der Waals surface area contributed by atoms with Crippen LogP contribution in [0.4, 0.5) is 8.78 Å². The van der Waals surface area contributed by atoms with Gasteiger partial charge in [-0.15, -0.1) is 0 Å². The molecule has 1 aliphatic heterocycles. The maximum absolute atomic E-state index is 13.1. The predicted molar refractivity (Wildman–Crippen MR) is 41.6 cm³/mol. The van der Waals surface area contributed by atoms with E-state index in [1.807, 2.05) is 0 Å². The minimum absolute atomic E-state index is 0.0731. The molecule has 70 valence electrons. The molecule has 1 fully saturated rings. The molecule has 1 atom stereocenters. The Morgan fingerprint density at radius 1 is 1.46 bits per heavy atom. The highest BCUT2D eigenvalue weighted by Crippen LogP contribution is 2.38. The molecule has 1 saturated heterocycles. The first-order valence-corrected chi connectivity index (χ1v) is 3.87. The van der Waals surface area contributed by atoms with E-state index in [2.05, 4.69) is 0 Å². The molecule has 1 heterocycles. The summed E-state index contributed by atoms with van der Waals surface area (Å²) in [6.07, 6.45) is -0.208. The number of epoxide rings is 1. The molecule has 0 spiro atoms. The van der Waals surface area contributed by atoms with Crippen molar-refractivity contribution < 1.29 is 18.3 Å². The van der Waals surface area contributed by atoms with Crippen molar-refractivity contribution in [3.8, 4) is 5.75 Å². The minimum atomic E-state index is -0.687. The number of ether oxygens (including phenoxy) is 2. The van der Waals surface area contributed by atoms with Crippen LogP contribution in [0.15, 0.2) is 12.1 Å². The summed E-state index contributed by atoms with van der Waals surface area (Å²) in [5.41, 5.74) is 0.444. The van der Waals surface area contributed by atoms with Crippen molar-refractivity contribution in [2.75, 3.05) is 13.7 Å². The van der Waals surface area contributed by atoms with Crippen LogP contribution in [-0.2, 0) is 4.74 Å². The molecule has 0 radical (unpaired) electrons. The van der Waals surface area contributed by atoms with Crippen LogP contribution in [0, 0.1) is 11.6 Å². The highest BCUT2D eigenvalue weighted by atomic mass is 19.1. The van der Waals surface area contributed by atoms with Crippen molar-refractivity contribution in [1.82, 2.24) is 0 Å². The zero-order valence-corrected chi connectivity index (χ0v) is 7.01. The van der Waals surface area contributed by atoms with Gasteiger partial charge in [-0.25, -0.2) is 8.78 Å². The highest BCUT2D eigenvalue weighted by Gasteiger charge is 2.30. The summed E-state index contributed by atoms with van der Waals surface area (Å²) in [6.45, 7) is 0.499. The van der Waals surface area contributed by atoms with E-state index in [0.29, 0.717) is 12.2 Å². The van der Waals surface area contributed by atoms with E-state index in [1.54, 1.807) is 0 Å². The van der Waals surface area contributed by atoms with Crippen LogP contribution >= 0.6 is 0 Å². The van der Waals surface area contributed by atoms with Crippen LogP contribution in [0.1, 0.15) is 11.7 Å². The molecule has 0 saturated carbocycles. The summed E-state index contributed by atoms with van der Waals surface area (Å²) in [5, 5.41) is 0.